The minimum atomic E-state index is -4.89. The van der Waals surface area contributed by atoms with Gasteiger partial charge in [-0.15, -0.1) is 0 Å². The van der Waals surface area contributed by atoms with Crippen LogP contribution in [0.25, 0.3) is 0 Å². The highest BCUT2D eigenvalue weighted by Crippen LogP contribution is 2.55. The van der Waals surface area contributed by atoms with Crippen LogP contribution in [0.4, 0.5) is 27.6 Å². The Morgan fingerprint density at radius 2 is 1.93 bits per heavy atom. The number of pyridine rings is 1. The number of nitrogens with one attached hydrogen (secondary N) is 2. The van der Waals surface area contributed by atoms with Crippen molar-refractivity contribution in [3.05, 3.63) is 53.4 Å². The summed E-state index contributed by atoms with van der Waals surface area (Å²) in [6, 6.07) is 4.84. The number of aromatic nitrogens is 1. The fraction of sp³-hybridized carbons (Fsp3) is 0.586. The maximum Gasteiger partial charge on any atom is 0.417 e. The summed E-state index contributed by atoms with van der Waals surface area (Å²) >= 11 is 0. The Morgan fingerprint density at radius 1 is 1.21 bits per heavy atom. The van der Waals surface area contributed by atoms with Crippen LogP contribution in [0.5, 0.6) is 5.75 Å². The van der Waals surface area contributed by atoms with Crippen LogP contribution >= 0.6 is 0 Å². The third-order valence-corrected chi connectivity index (χ3v) is 7.76. The van der Waals surface area contributed by atoms with Crippen LogP contribution in [0, 0.1) is 17.6 Å². The highest BCUT2D eigenvalue weighted by molar-refractivity contribution is 5.95. The van der Waals surface area contributed by atoms with E-state index in [0.717, 1.165) is 19.1 Å². The van der Waals surface area contributed by atoms with E-state index in [-0.39, 0.29) is 29.9 Å². The average molecular weight is 602 g/mol. The summed E-state index contributed by atoms with van der Waals surface area (Å²) in [6.07, 6.45) is -6.59. The number of hydrogen-bond acceptors (Lipinski definition) is 7. The number of β-amino-alcohol motifs (C(OH)–C–C–N with tert-alkyl or cyclic N) is 1. The number of carbonyl (C=O) groups is 1. The van der Waals surface area contributed by atoms with Gasteiger partial charge < -0.3 is 30.0 Å². The number of nitrogens with zero attached hydrogens (tertiary/aromatic N) is 1. The largest absolute Gasteiger partial charge is 0.484 e. The number of halogens is 5. The van der Waals surface area contributed by atoms with Gasteiger partial charge in [-0.25, -0.2) is 4.39 Å². The highest BCUT2D eigenvalue weighted by atomic mass is 19.4. The molecule has 2 aromatic rings. The molecule has 232 valence electrons. The van der Waals surface area contributed by atoms with Crippen molar-refractivity contribution in [3.8, 4) is 5.75 Å². The minimum absolute atomic E-state index is 0.0975. The second kappa shape index (κ2) is 12.0. The van der Waals surface area contributed by atoms with Crippen molar-refractivity contribution in [1.82, 2.24) is 10.3 Å². The Bertz CT molecular complexity index is 1260. The monoisotopic (exact) mass is 601 g/mol. The van der Waals surface area contributed by atoms with E-state index in [9.17, 15) is 27.5 Å². The molecule has 8 nitrogen and oxygen atoms in total. The number of rotatable bonds is 8. The van der Waals surface area contributed by atoms with E-state index >= 15 is 4.39 Å². The quantitative estimate of drug-likeness (QED) is 0.365. The first-order chi connectivity index (χ1) is 19.5. The molecule has 0 saturated carbocycles. The summed E-state index contributed by atoms with van der Waals surface area (Å²) in [5.74, 6) is -6.88. The molecule has 2 aliphatic heterocycles. The molecule has 2 saturated heterocycles. The zero-order chi connectivity index (χ0) is 31.0. The van der Waals surface area contributed by atoms with Crippen molar-refractivity contribution in [2.45, 2.75) is 82.6 Å². The van der Waals surface area contributed by atoms with Crippen molar-refractivity contribution in [2.75, 3.05) is 25.1 Å². The highest BCUT2D eigenvalue weighted by Gasteiger charge is 2.66. The molecule has 2 fully saturated rings. The number of alkyl halides is 3. The van der Waals surface area contributed by atoms with Crippen molar-refractivity contribution in [3.63, 3.8) is 0 Å². The van der Waals surface area contributed by atoms with Crippen LogP contribution in [0.15, 0.2) is 30.5 Å². The SMILES string of the molecule is C[C@H]1[C@@H](c2ccc(F)c(F)c2O[C@H]2CCOC2)[C@H](C(=O)Nc2ccc([C@@H](O)CNC(C)(C)C)nc2)O[C@@]1(C)C(F)(F)F. The lowest BCUT2D eigenvalue weighted by atomic mass is 9.77. The Morgan fingerprint density at radius 3 is 2.50 bits per heavy atom. The third-order valence-electron chi connectivity index (χ3n) is 7.76. The van der Waals surface area contributed by atoms with Gasteiger partial charge in [0.15, 0.2) is 17.2 Å². The lowest BCUT2D eigenvalue weighted by molar-refractivity contribution is -0.272. The van der Waals surface area contributed by atoms with E-state index in [1.165, 1.54) is 25.3 Å². The van der Waals surface area contributed by atoms with Crippen LogP contribution in [0.1, 0.15) is 64.3 Å². The van der Waals surface area contributed by atoms with E-state index in [0.29, 0.717) is 18.7 Å². The summed E-state index contributed by atoms with van der Waals surface area (Å²) in [7, 11) is 0. The molecule has 0 bridgehead atoms. The Hall–Kier alpha value is -2.87. The van der Waals surface area contributed by atoms with Crippen molar-refractivity contribution in [1.29, 1.82) is 0 Å². The second-order valence-electron chi connectivity index (χ2n) is 11.9. The first kappa shape index (κ1) is 32.1. The van der Waals surface area contributed by atoms with Gasteiger partial charge in [-0.2, -0.15) is 17.6 Å². The number of ether oxygens (including phenoxy) is 3. The Kier molecular flexibility index (Phi) is 9.17. The number of aliphatic hydroxyl groups excluding tert-OH is 1. The molecule has 0 unspecified atom stereocenters. The van der Waals surface area contributed by atoms with Gasteiger partial charge in [-0.1, -0.05) is 13.0 Å². The fourth-order valence-electron chi connectivity index (χ4n) is 5.12. The predicted octanol–water partition coefficient (Wildman–Crippen LogP) is 5.03. The number of aliphatic hydroxyl groups is 1. The maximum atomic E-state index is 15.1. The predicted molar refractivity (Wildman–Crippen MR) is 143 cm³/mol. The van der Waals surface area contributed by atoms with E-state index in [1.54, 1.807) is 0 Å². The molecule has 6 atom stereocenters. The molecule has 1 aromatic carbocycles. The molecule has 0 radical (unpaired) electrons. The molecular formula is C29H36F5N3O5. The van der Waals surface area contributed by atoms with E-state index in [4.69, 9.17) is 14.2 Å². The third kappa shape index (κ3) is 6.69. The van der Waals surface area contributed by atoms with Crippen LogP contribution < -0.4 is 15.4 Å². The standard InChI is InChI=1S/C29H36F5N3O5/c1-15-22(18-7-8-19(30)23(31)24(18)41-17-10-11-40-14-17)25(42-28(15,5)29(32,33)34)26(39)37-16-6-9-20(35-12-16)21(38)13-36-27(2,3)4/h6-9,12,15,17,21-22,25,36,38H,10-11,13-14H2,1-5H3,(H,37,39)/t15-,17-,21-,22-,25+,28+/m0/s1. The average Bonchev–Trinajstić information content (AvgIpc) is 3.52. The Balaban J connectivity index is 1.63. The van der Waals surface area contributed by atoms with Gasteiger partial charge in [0, 0.05) is 35.9 Å². The van der Waals surface area contributed by atoms with Gasteiger partial charge in [0.25, 0.3) is 5.91 Å². The van der Waals surface area contributed by atoms with Crippen molar-refractivity contribution >= 4 is 11.6 Å². The van der Waals surface area contributed by atoms with Gasteiger partial charge in [-0.05, 0) is 45.9 Å². The maximum absolute atomic E-state index is 15.1. The molecule has 0 aliphatic carbocycles. The zero-order valence-electron chi connectivity index (χ0n) is 24.0. The van der Waals surface area contributed by atoms with Gasteiger partial charge >= 0.3 is 6.18 Å². The molecular weight excluding hydrogens is 565 g/mol. The molecule has 1 aromatic heterocycles. The van der Waals surface area contributed by atoms with E-state index in [2.05, 4.69) is 15.6 Å². The first-order valence-corrected chi connectivity index (χ1v) is 13.7. The lowest BCUT2D eigenvalue weighted by Crippen LogP contribution is -2.47. The number of hydrogen-bond donors (Lipinski definition) is 3. The smallest absolute Gasteiger partial charge is 0.417 e. The number of benzene rings is 1. The van der Waals surface area contributed by atoms with Crippen molar-refractivity contribution < 1.29 is 46.1 Å². The molecule has 2 aliphatic rings. The van der Waals surface area contributed by atoms with Crippen LogP contribution in [0.3, 0.4) is 0 Å². The Labute approximate surface area is 240 Å². The normalized spacial score (nSPS) is 27.2. The van der Waals surface area contributed by atoms with Crippen LogP contribution in [-0.2, 0) is 14.3 Å². The van der Waals surface area contributed by atoms with Crippen LogP contribution in [0.2, 0.25) is 0 Å². The second-order valence-corrected chi connectivity index (χ2v) is 11.9. The fourth-order valence-corrected chi connectivity index (χ4v) is 5.12. The molecule has 1 amide bonds. The minimum Gasteiger partial charge on any atom is -0.484 e. The topological polar surface area (TPSA) is 102 Å². The van der Waals surface area contributed by atoms with Crippen molar-refractivity contribution in [2.24, 2.45) is 5.92 Å². The van der Waals surface area contributed by atoms with Gasteiger partial charge in [0.05, 0.1) is 30.8 Å². The molecule has 4 rings (SSSR count). The summed E-state index contributed by atoms with van der Waals surface area (Å²) in [4.78, 5) is 17.6. The number of anilines is 1. The molecule has 3 N–H and O–H groups in total. The molecule has 13 heteroatoms. The molecule has 3 heterocycles. The van der Waals surface area contributed by atoms with Gasteiger partial charge in [0.2, 0.25) is 5.82 Å². The lowest BCUT2D eigenvalue weighted by Gasteiger charge is -2.32. The summed E-state index contributed by atoms with van der Waals surface area (Å²) in [5.41, 5.74) is -2.69. The zero-order valence-corrected chi connectivity index (χ0v) is 24.0. The summed E-state index contributed by atoms with van der Waals surface area (Å²) < 4.78 is 88.7. The van der Waals surface area contributed by atoms with Gasteiger partial charge in [0.1, 0.15) is 18.3 Å². The van der Waals surface area contributed by atoms with Gasteiger partial charge in [-0.3, -0.25) is 9.78 Å². The molecule has 42 heavy (non-hydrogen) atoms. The van der Waals surface area contributed by atoms with E-state index in [1.807, 2.05) is 20.8 Å². The first-order valence-electron chi connectivity index (χ1n) is 13.7. The summed E-state index contributed by atoms with van der Waals surface area (Å²) in [6.45, 7) is 8.53. The van der Waals surface area contributed by atoms with Crippen LogP contribution in [-0.4, -0.2) is 65.3 Å². The number of carbonyl (C=O) groups excluding carboxylic acids is 1. The van der Waals surface area contributed by atoms with E-state index < -0.39 is 65.2 Å². The summed E-state index contributed by atoms with van der Waals surface area (Å²) in [5, 5.41) is 16.1. The number of amides is 1. The molecule has 0 spiro atoms.